The molecular formula is C17H19NO2S. The lowest BCUT2D eigenvalue weighted by Gasteiger charge is -2.05. The van der Waals surface area contributed by atoms with E-state index in [1.54, 1.807) is 11.8 Å². The van der Waals surface area contributed by atoms with E-state index < -0.39 is 0 Å². The summed E-state index contributed by atoms with van der Waals surface area (Å²) in [4.78, 5) is 11.8. The molecule has 2 N–H and O–H groups in total. The van der Waals surface area contributed by atoms with Crippen LogP contribution in [0.3, 0.4) is 0 Å². The Morgan fingerprint density at radius 1 is 1.00 bits per heavy atom. The topological polar surface area (TPSA) is 49.3 Å². The molecule has 0 bridgehead atoms. The van der Waals surface area contributed by atoms with Crippen molar-refractivity contribution < 1.29 is 9.90 Å². The number of amides is 1. The van der Waals surface area contributed by atoms with Gasteiger partial charge in [-0.05, 0) is 23.3 Å². The minimum Gasteiger partial charge on any atom is -0.392 e. The number of thioether (sulfide) groups is 1. The maximum absolute atomic E-state index is 11.8. The van der Waals surface area contributed by atoms with Crippen molar-refractivity contribution in [1.29, 1.82) is 0 Å². The van der Waals surface area contributed by atoms with Crippen LogP contribution in [-0.2, 0) is 17.2 Å². The summed E-state index contributed by atoms with van der Waals surface area (Å²) in [6.45, 7) is 0.0765. The highest BCUT2D eigenvalue weighted by atomic mass is 32.2. The highest BCUT2D eigenvalue weighted by Gasteiger charge is 2.02. The van der Waals surface area contributed by atoms with Crippen LogP contribution in [0.15, 0.2) is 54.6 Å². The van der Waals surface area contributed by atoms with Crippen molar-refractivity contribution in [3.05, 3.63) is 65.7 Å². The van der Waals surface area contributed by atoms with Crippen LogP contribution in [-0.4, -0.2) is 16.8 Å². The molecule has 2 aromatic carbocycles. The summed E-state index contributed by atoms with van der Waals surface area (Å²) in [5, 5.41) is 11.9. The molecule has 0 aliphatic carbocycles. The molecular weight excluding hydrogens is 282 g/mol. The SMILES string of the molecule is O=C(CCSCc1ccc(CO)cc1)Nc1ccccc1. The molecule has 0 fully saturated rings. The second-order valence-corrected chi connectivity index (χ2v) is 5.80. The quantitative estimate of drug-likeness (QED) is 0.770. The first-order chi connectivity index (χ1) is 10.3. The van der Waals surface area contributed by atoms with Crippen LogP contribution in [0.5, 0.6) is 0 Å². The van der Waals surface area contributed by atoms with E-state index in [-0.39, 0.29) is 12.5 Å². The summed E-state index contributed by atoms with van der Waals surface area (Å²) in [5.41, 5.74) is 2.97. The Morgan fingerprint density at radius 3 is 2.33 bits per heavy atom. The normalized spacial score (nSPS) is 10.3. The van der Waals surface area contributed by atoms with E-state index >= 15 is 0 Å². The van der Waals surface area contributed by atoms with Gasteiger partial charge in [0.2, 0.25) is 5.91 Å². The molecule has 2 aromatic rings. The zero-order valence-corrected chi connectivity index (χ0v) is 12.6. The molecule has 0 spiro atoms. The van der Waals surface area contributed by atoms with Crippen LogP contribution in [0, 0.1) is 0 Å². The number of para-hydroxylation sites is 1. The third-order valence-electron chi connectivity index (χ3n) is 3.01. The highest BCUT2D eigenvalue weighted by Crippen LogP contribution is 2.14. The Labute approximate surface area is 129 Å². The van der Waals surface area contributed by atoms with Gasteiger partial charge in [0.25, 0.3) is 0 Å². The predicted molar refractivity (Wildman–Crippen MR) is 88.2 cm³/mol. The van der Waals surface area contributed by atoms with Crippen LogP contribution < -0.4 is 5.32 Å². The fraction of sp³-hybridized carbons (Fsp3) is 0.235. The van der Waals surface area contributed by atoms with Crippen LogP contribution in [0.4, 0.5) is 5.69 Å². The molecule has 110 valence electrons. The van der Waals surface area contributed by atoms with Gasteiger partial charge in [-0.15, -0.1) is 0 Å². The number of rotatable bonds is 7. The molecule has 0 aliphatic rings. The lowest BCUT2D eigenvalue weighted by atomic mass is 10.2. The lowest BCUT2D eigenvalue weighted by Crippen LogP contribution is -2.12. The van der Waals surface area contributed by atoms with Crippen molar-refractivity contribution in [3.63, 3.8) is 0 Å². The molecule has 0 radical (unpaired) electrons. The first-order valence-electron chi connectivity index (χ1n) is 6.89. The zero-order chi connectivity index (χ0) is 14.9. The first-order valence-corrected chi connectivity index (χ1v) is 8.05. The Bertz CT molecular complexity index is 555. The van der Waals surface area contributed by atoms with Gasteiger partial charge in [-0.1, -0.05) is 42.5 Å². The maximum atomic E-state index is 11.8. The molecule has 4 heteroatoms. The van der Waals surface area contributed by atoms with E-state index in [0.717, 1.165) is 22.8 Å². The van der Waals surface area contributed by atoms with Gasteiger partial charge in [0.1, 0.15) is 0 Å². The molecule has 2 rings (SSSR count). The lowest BCUT2D eigenvalue weighted by molar-refractivity contribution is -0.115. The van der Waals surface area contributed by atoms with Gasteiger partial charge < -0.3 is 10.4 Å². The average molecular weight is 301 g/mol. The van der Waals surface area contributed by atoms with Crippen molar-refractivity contribution in [2.75, 3.05) is 11.1 Å². The monoisotopic (exact) mass is 301 g/mol. The summed E-state index contributed by atoms with van der Waals surface area (Å²) in [7, 11) is 0. The standard InChI is InChI=1S/C17H19NO2S/c19-12-14-6-8-15(9-7-14)13-21-11-10-17(20)18-16-4-2-1-3-5-16/h1-9,19H,10-13H2,(H,18,20). The number of carbonyl (C=O) groups excluding carboxylic acids is 1. The van der Waals surface area contributed by atoms with Crippen LogP contribution in [0.1, 0.15) is 17.5 Å². The summed E-state index contributed by atoms with van der Waals surface area (Å²) >= 11 is 1.74. The van der Waals surface area contributed by atoms with Crippen molar-refractivity contribution in [2.45, 2.75) is 18.8 Å². The van der Waals surface area contributed by atoms with E-state index in [2.05, 4.69) is 5.32 Å². The summed E-state index contributed by atoms with van der Waals surface area (Å²) in [6.07, 6.45) is 0.508. The van der Waals surface area contributed by atoms with E-state index in [1.807, 2.05) is 54.6 Å². The first kappa shape index (κ1) is 15.6. The third kappa shape index (κ3) is 5.61. The number of hydrogen-bond acceptors (Lipinski definition) is 3. The fourth-order valence-corrected chi connectivity index (χ4v) is 2.74. The molecule has 0 aliphatic heterocycles. The van der Waals surface area contributed by atoms with E-state index in [0.29, 0.717) is 6.42 Å². The Hall–Kier alpha value is -1.78. The van der Waals surface area contributed by atoms with Gasteiger partial charge >= 0.3 is 0 Å². The molecule has 21 heavy (non-hydrogen) atoms. The van der Waals surface area contributed by atoms with Crippen molar-refractivity contribution in [2.24, 2.45) is 0 Å². The van der Waals surface area contributed by atoms with E-state index in [1.165, 1.54) is 5.56 Å². The largest absolute Gasteiger partial charge is 0.392 e. The summed E-state index contributed by atoms with van der Waals surface area (Å²) in [5.74, 6) is 1.72. The molecule has 3 nitrogen and oxygen atoms in total. The number of benzene rings is 2. The summed E-state index contributed by atoms with van der Waals surface area (Å²) in [6, 6.07) is 17.4. The molecule has 0 saturated carbocycles. The number of anilines is 1. The molecule has 0 aromatic heterocycles. The zero-order valence-electron chi connectivity index (χ0n) is 11.8. The van der Waals surface area contributed by atoms with E-state index in [9.17, 15) is 4.79 Å². The second-order valence-electron chi connectivity index (χ2n) is 4.69. The minimum atomic E-state index is 0.0457. The van der Waals surface area contributed by atoms with Crippen LogP contribution >= 0.6 is 11.8 Å². The molecule has 0 unspecified atom stereocenters. The summed E-state index contributed by atoms with van der Waals surface area (Å²) < 4.78 is 0. The maximum Gasteiger partial charge on any atom is 0.225 e. The number of hydrogen-bond donors (Lipinski definition) is 2. The number of carbonyl (C=O) groups is 1. The van der Waals surface area contributed by atoms with Crippen LogP contribution in [0.2, 0.25) is 0 Å². The van der Waals surface area contributed by atoms with Gasteiger partial charge in [-0.25, -0.2) is 0 Å². The number of aliphatic hydroxyl groups excluding tert-OH is 1. The van der Waals surface area contributed by atoms with Gasteiger partial charge in [-0.3, -0.25) is 4.79 Å². The van der Waals surface area contributed by atoms with Crippen molar-refractivity contribution in [3.8, 4) is 0 Å². The Morgan fingerprint density at radius 2 is 1.67 bits per heavy atom. The van der Waals surface area contributed by atoms with Crippen molar-refractivity contribution >= 4 is 23.4 Å². The predicted octanol–water partition coefficient (Wildman–Crippen LogP) is 3.44. The van der Waals surface area contributed by atoms with Gasteiger partial charge in [0.15, 0.2) is 0 Å². The highest BCUT2D eigenvalue weighted by molar-refractivity contribution is 7.98. The average Bonchev–Trinajstić information content (AvgIpc) is 2.53. The molecule has 1 amide bonds. The molecule has 0 saturated heterocycles. The smallest absolute Gasteiger partial charge is 0.225 e. The third-order valence-corrected chi connectivity index (χ3v) is 4.04. The van der Waals surface area contributed by atoms with Gasteiger partial charge in [0, 0.05) is 23.6 Å². The van der Waals surface area contributed by atoms with Crippen LogP contribution in [0.25, 0.3) is 0 Å². The molecule has 0 heterocycles. The number of aliphatic hydroxyl groups is 1. The van der Waals surface area contributed by atoms with Gasteiger partial charge in [0.05, 0.1) is 6.61 Å². The Kier molecular flexibility index (Phi) is 6.31. The molecule has 0 atom stereocenters. The fourth-order valence-electron chi connectivity index (χ4n) is 1.84. The minimum absolute atomic E-state index is 0.0457. The second kappa shape index (κ2) is 8.49. The Balaban J connectivity index is 1.66. The van der Waals surface area contributed by atoms with Crippen molar-refractivity contribution in [1.82, 2.24) is 0 Å². The van der Waals surface area contributed by atoms with E-state index in [4.69, 9.17) is 5.11 Å². The number of nitrogens with one attached hydrogen (secondary N) is 1. The van der Waals surface area contributed by atoms with Gasteiger partial charge in [-0.2, -0.15) is 11.8 Å².